The molecule has 0 aliphatic rings. The van der Waals surface area contributed by atoms with Crippen LogP contribution in [-0.2, 0) is 7.05 Å². The molecule has 2 N–H and O–H groups in total. The van der Waals surface area contributed by atoms with Crippen molar-refractivity contribution >= 4 is 16.9 Å². The average molecular weight is 244 g/mol. The van der Waals surface area contributed by atoms with Gasteiger partial charge in [0.1, 0.15) is 5.82 Å². The van der Waals surface area contributed by atoms with E-state index in [0.717, 1.165) is 22.6 Å². The quantitative estimate of drug-likeness (QED) is 0.717. The number of hydrogen-bond donors (Lipinski definition) is 2. The fourth-order valence-electron chi connectivity index (χ4n) is 1.89. The molecule has 0 amide bonds. The van der Waals surface area contributed by atoms with Crippen LogP contribution in [0.1, 0.15) is 0 Å². The van der Waals surface area contributed by atoms with Gasteiger partial charge in [0.05, 0.1) is 11.2 Å². The van der Waals surface area contributed by atoms with Crippen LogP contribution in [0.2, 0.25) is 0 Å². The highest BCUT2D eigenvalue weighted by atomic mass is 16.4. The van der Waals surface area contributed by atoms with Crippen LogP contribution in [0, 0.1) is 0 Å². The second kappa shape index (κ2) is 3.76. The Hall–Kier alpha value is -2.50. The molecular formula is C12H12N4O2. The molecule has 0 bridgehead atoms. The van der Waals surface area contributed by atoms with E-state index in [1.165, 1.54) is 4.57 Å². The maximum atomic E-state index is 11.4. The van der Waals surface area contributed by atoms with E-state index in [4.69, 9.17) is 4.42 Å². The predicted octanol–water partition coefficient (Wildman–Crippen LogP) is 1.56. The van der Waals surface area contributed by atoms with Crippen LogP contribution in [0.25, 0.3) is 22.4 Å². The summed E-state index contributed by atoms with van der Waals surface area (Å²) in [6, 6.07) is 7.47. The van der Waals surface area contributed by atoms with Crippen LogP contribution in [0.3, 0.4) is 0 Å². The van der Waals surface area contributed by atoms with Gasteiger partial charge in [-0.25, -0.2) is 4.79 Å². The van der Waals surface area contributed by atoms with Crippen molar-refractivity contribution in [2.24, 2.45) is 7.05 Å². The number of H-pyrrole nitrogens is 1. The molecule has 2 aromatic heterocycles. The fourth-order valence-corrected chi connectivity index (χ4v) is 1.89. The Bertz CT molecular complexity index is 766. The first kappa shape index (κ1) is 10.6. The van der Waals surface area contributed by atoms with E-state index in [1.807, 2.05) is 25.2 Å². The van der Waals surface area contributed by atoms with Gasteiger partial charge in [0, 0.05) is 25.7 Å². The largest absolute Gasteiger partial charge is 0.419 e. The summed E-state index contributed by atoms with van der Waals surface area (Å²) in [7, 11) is 3.49. The Morgan fingerprint density at radius 1 is 1.39 bits per heavy atom. The van der Waals surface area contributed by atoms with Crippen molar-refractivity contribution in [3.8, 4) is 11.3 Å². The summed E-state index contributed by atoms with van der Waals surface area (Å²) in [6.07, 6.45) is 0. The van der Waals surface area contributed by atoms with Crippen molar-refractivity contribution in [2.45, 2.75) is 0 Å². The summed E-state index contributed by atoms with van der Waals surface area (Å²) in [5.74, 6) is 0.411. The van der Waals surface area contributed by atoms with Crippen LogP contribution >= 0.6 is 0 Å². The lowest BCUT2D eigenvalue weighted by atomic mass is 10.1. The number of benzene rings is 1. The zero-order valence-corrected chi connectivity index (χ0v) is 10.0. The molecule has 1 aromatic carbocycles. The molecule has 0 aliphatic carbocycles. The van der Waals surface area contributed by atoms with Gasteiger partial charge >= 0.3 is 5.76 Å². The minimum atomic E-state index is -0.359. The molecule has 18 heavy (non-hydrogen) atoms. The molecule has 92 valence electrons. The van der Waals surface area contributed by atoms with E-state index < -0.39 is 0 Å². The molecule has 0 aliphatic heterocycles. The first-order chi connectivity index (χ1) is 8.69. The van der Waals surface area contributed by atoms with E-state index in [0.29, 0.717) is 5.58 Å². The molecule has 0 spiro atoms. The van der Waals surface area contributed by atoms with E-state index in [9.17, 15) is 4.79 Å². The number of aromatic nitrogens is 3. The fraction of sp³-hybridized carbons (Fsp3) is 0.167. The lowest BCUT2D eigenvalue weighted by Gasteiger charge is -1.97. The second-order valence-corrected chi connectivity index (χ2v) is 4.03. The molecule has 0 atom stereocenters. The Balaban J connectivity index is 2.18. The highest BCUT2D eigenvalue weighted by molar-refractivity contribution is 5.80. The molecule has 0 radical (unpaired) electrons. The number of hydrogen-bond acceptors (Lipinski definition) is 4. The molecular weight excluding hydrogens is 232 g/mol. The van der Waals surface area contributed by atoms with Crippen molar-refractivity contribution < 1.29 is 4.42 Å². The SMILES string of the molecule is CNc1cc(-c2ccc3oc(=O)n(C)c3c2)[nH]n1. The average Bonchev–Trinajstić information content (AvgIpc) is 2.96. The van der Waals surface area contributed by atoms with Crippen LogP contribution in [-0.4, -0.2) is 21.8 Å². The van der Waals surface area contributed by atoms with Crippen molar-refractivity contribution in [1.82, 2.24) is 14.8 Å². The normalized spacial score (nSPS) is 11.0. The molecule has 2 heterocycles. The third-order valence-electron chi connectivity index (χ3n) is 2.94. The van der Waals surface area contributed by atoms with Crippen LogP contribution < -0.4 is 11.1 Å². The van der Waals surface area contributed by atoms with E-state index in [-0.39, 0.29) is 5.76 Å². The molecule has 0 unspecified atom stereocenters. The van der Waals surface area contributed by atoms with Gasteiger partial charge in [-0.3, -0.25) is 9.67 Å². The highest BCUT2D eigenvalue weighted by Gasteiger charge is 2.08. The molecule has 0 fully saturated rings. The van der Waals surface area contributed by atoms with Gasteiger partial charge in [-0.15, -0.1) is 0 Å². The lowest BCUT2D eigenvalue weighted by Crippen LogP contribution is -2.08. The molecule has 6 nitrogen and oxygen atoms in total. The third kappa shape index (κ3) is 1.50. The van der Waals surface area contributed by atoms with Crippen molar-refractivity contribution in [2.75, 3.05) is 12.4 Å². The van der Waals surface area contributed by atoms with Gasteiger partial charge < -0.3 is 9.73 Å². The van der Waals surface area contributed by atoms with Crippen molar-refractivity contribution in [3.05, 3.63) is 34.8 Å². The molecule has 0 saturated carbocycles. The van der Waals surface area contributed by atoms with Gasteiger partial charge in [-0.1, -0.05) is 0 Å². The zero-order chi connectivity index (χ0) is 12.7. The van der Waals surface area contributed by atoms with Crippen LogP contribution in [0.15, 0.2) is 33.5 Å². The lowest BCUT2D eigenvalue weighted by molar-refractivity contribution is 0.528. The third-order valence-corrected chi connectivity index (χ3v) is 2.94. The first-order valence-corrected chi connectivity index (χ1v) is 5.52. The summed E-state index contributed by atoms with van der Waals surface area (Å²) in [4.78, 5) is 11.4. The van der Waals surface area contributed by atoms with Crippen LogP contribution in [0.4, 0.5) is 5.82 Å². The van der Waals surface area contributed by atoms with Gasteiger partial charge in [0.2, 0.25) is 0 Å². The molecule has 3 rings (SSSR count). The van der Waals surface area contributed by atoms with E-state index >= 15 is 0 Å². The van der Waals surface area contributed by atoms with Crippen molar-refractivity contribution in [3.63, 3.8) is 0 Å². The number of aromatic amines is 1. The van der Waals surface area contributed by atoms with Crippen molar-refractivity contribution in [1.29, 1.82) is 0 Å². The molecule has 6 heteroatoms. The molecule has 0 saturated heterocycles. The number of anilines is 1. The predicted molar refractivity (Wildman–Crippen MR) is 68.6 cm³/mol. The van der Waals surface area contributed by atoms with Gasteiger partial charge in [0.15, 0.2) is 5.58 Å². The Morgan fingerprint density at radius 2 is 2.22 bits per heavy atom. The maximum absolute atomic E-state index is 11.4. The number of fused-ring (bicyclic) bond motifs is 1. The number of nitrogens with zero attached hydrogens (tertiary/aromatic N) is 2. The summed E-state index contributed by atoms with van der Waals surface area (Å²) in [5.41, 5.74) is 3.18. The number of rotatable bonds is 2. The van der Waals surface area contributed by atoms with Gasteiger partial charge in [-0.2, -0.15) is 5.10 Å². The Morgan fingerprint density at radius 3 is 2.94 bits per heavy atom. The smallest absolute Gasteiger partial charge is 0.408 e. The summed E-state index contributed by atoms with van der Waals surface area (Å²) in [6.45, 7) is 0. The minimum Gasteiger partial charge on any atom is -0.408 e. The maximum Gasteiger partial charge on any atom is 0.419 e. The summed E-state index contributed by atoms with van der Waals surface area (Å²) >= 11 is 0. The molecule has 3 aromatic rings. The van der Waals surface area contributed by atoms with Crippen LogP contribution in [0.5, 0.6) is 0 Å². The zero-order valence-electron chi connectivity index (χ0n) is 10.0. The van der Waals surface area contributed by atoms with Gasteiger partial charge in [-0.05, 0) is 18.2 Å². The summed E-state index contributed by atoms with van der Waals surface area (Å²) < 4.78 is 6.57. The number of aryl methyl sites for hydroxylation is 1. The standard InChI is InChI=1S/C12H12N4O2/c1-13-11-6-8(14-15-11)7-3-4-10-9(5-7)16(2)12(17)18-10/h3-6H,1-2H3,(H2,13,14,15). The Kier molecular flexibility index (Phi) is 2.22. The Labute approximate surface area is 102 Å². The number of nitrogens with one attached hydrogen (secondary N) is 2. The van der Waals surface area contributed by atoms with E-state index in [1.54, 1.807) is 13.1 Å². The van der Waals surface area contributed by atoms with E-state index in [2.05, 4.69) is 15.5 Å². The monoisotopic (exact) mass is 244 g/mol. The summed E-state index contributed by atoms with van der Waals surface area (Å²) in [5, 5.41) is 9.98. The second-order valence-electron chi connectivity index (χ2n) is 4.03. The minimum absolute atomic E-state index is 0.359. The van der Waals surface area contributed by atoms with Gasteiger partial charge in [0.25, 0.3) is 0 Å². The first-order valence-electron chi connectivity index (χ1n) is 5.52. The number of oxazole rings is 1. The topological polar surface area (TPSA) is 75.8 Å². The highest BCUT2D eigenvalue weighted by Crippen LogP contribution is 2.23.